The number of aliphatic imine (C=N–C) groups is 1. The second-order valence-corrected chi connectivity index (χ2v) is 9.48. The molecule has 1 aromatic rings. The van der Waals surface area contributed by atoms with Gasteiger partial charge >= 0.3 is 0 Å². The fraction of sp³-hybridized carbons (Fsp3) is 0.650. The largest absolute Gasteiger partial charge is 0.357 e. The van der Waals surface area contributed by atoms with Gasteiger partial charge in [0.2, 0.25) is 10.0 Å². The van der Waals surface area contributed by atoms with Gasteiger partial charge in [-0.25, -0.2) is 12.7 Å². The predicted octanol–water partition coefficient (Wildman–Crippen LogP) is 2.07. The highest BCUT2D eigenvalue weighted by Gasteiger charge is 2.24. The Labute approximate surface area is 164 Å². The minimum absolute atomic E-state index is 0.442. The maximum atomic E-state index is 11.6. The van der Waals surface area contributed by atoms with E-state index in [1.165, 1.54) is 22.9 Å². The van der Waals surface area contributed by atoms with E-state index in [4.69, 9.17) is 4.99 Å². The molecule has 0 saturated carbocycles. The van der Waals surface area contributed by atoms with Crippen molar-refractivity contribution in [3.8, 4) is 0 Å². The Morgan fingerprint density at radius 2 is 1.78 bits per heavy atom. The van der Waals surface area contributed by atoms with Crippen LogP contribution in [-0.4, -0.2) is 57.7 Å². The quantitative estimate of drug-likeness (QED) is 0.548. The molecule has 1 aliphatic heterocycles. The SMILES string of the molecule is CCNC(=NCC1CCN(S(C)(=O)=O)CC1)NCCc1cc(C)cc(C)c1. The Balaban J connectivity index is 1.82. The van der Waals surface area contributed by atoms with Crippen LogP contribution in [0.1, 0.15) is 36.5 Å². The molecule has 7 heteroatoms. The molecule has 1 saturated heterocycles. The van der Waals surface area contributed by atoms with E-state index in [0.29, 0.717) is 19.0 Å². The Morgan fingerprint density at radius 1 is 1.15 bits per heavy atom. The summed E-state index contributed by atoms with van der Waals surface area (Å²) >= 11 is 0. The first kappa shape index (κ1) is 21.7. The van der Waals surface area contributed by atoms with Gasteiger partial charge in [0.25, 0.3) is 0 Å². The molecule has 1 aliphatic rings. The molecule has 0 unspecified atom stereocenters. The Hall–Kier alpha value is -1.60. The zero-order chi connectivity index (χ0) is 19.9. The van der Waals surface area contributed by atoms with E-state index in [1.807, 2.05) is 0 Å². The van der Waals surface area contributed by atoms with Crippen molar-refractivity contribution in [3.05, 3.63) is 34.9 Å². The number of piperidine rings is 1. The summed E-state index contributed by atoms with van der Waals surface area (Å²) in [6, 6.07) is 6.65. The first-order valence-electron chi connectivity index (χ1n) is 9.82. The first-order valence-corrected chi connectivity index (χ1v) is 11.7. The van der Waals surface area contributed by atoms with Gasteiger partial charge in [-0.1, -0.05) is 29.3 Å². The summed E-state index contributed by atoms with van der Waals surface area (Å²) in [5.41, 5.74) is 3.93. The Kier molecular flexibility index (Phi) is 8.10. The molecule has 0 amide bonds. The number of hydrogen-bond donors (Lipinski definition) is 2. The number of benzene rings is 1. The smallest absolute Gasteiger partial charge is 0.211 e. The standard InChI is InChI=1S/C20H34N4O2S/c1-5-21-20(22-9-6-19-13-16(2)12-17(3)14-19)23-15-18-7-10-24(11-8-18)27(4,25)26/h12-14,18H,5-11,15H2,1-4H3,(H2,21,22,23). The van der Waals surface area contributed by atoms with Crippen molar-refractivity contribution >= 4 is 16.0 Å². The zero-order valence-corrected chi connectivity index (χ0v) is 17.9. The van der Waals surface area contributed by atoms with Crippen LogP contribution in [0.3, 0.4) is 0 Å². The zero-order valence-electron chi connectivity index (χ0n) is 17.1. The van der Waals surface area contributed by atoms with Crippen molar-refractivity contribution in [3.63, 3.8) is 0 Å². The summed E-state index contributed by atoms with van der Waals surface area (Å²) in [5, 5.41) is 6.71. The van der Waals surface area contributed by atoms with Crippen LogP contribution in [0.25, 0.3) is 0 Å². The van der Waals surface area contributed by atoms with Crippen molar-refractivity contribution in [1.29, 1.82) is 0 Å². The highest BCUT2D eigenvalue weighted by Crippen LogP contribution is 2.19. The van der Waals surface area contributed by atoms with E-state index < -0.39 is 10.0 Å². The molecule has 0 spiro atoms. The summed E-state index contributed by atoms with van der Waals surface area (Å²) in [5.74, 6) is 1.28. The number of nitrogens with zero attached hydrogens (tertiary/aromatic N) is 2. The lowest BCUT2D eigenvalue weighted by molar-refractivity contribution is 0.280. The number of nitrogens with one attached hydrogen (secondary N) is 2. The van der Waals surface area contributed by atoms with Gasteiger partial charge in [-0.05, 0) is 51.5 Å². The van der Waals surface area contributed by atoms with Gasteiger partial charge in [0.15, 0.2) is 5.96 Å². The van der Waals surface area contributed by atoms with Gasteiger partial charge in [-0.2, -0.15) is 0 Å². The van der Waals surface area contributed by atoms with E-state index in [9.17, 15) is 8.42 Å². The summed E-state index contributed by atoms with van der Waals surface area (Å²) in [7, 11) is -3.06. The molecule has 1 aromatic carbocycles. The highest BCUT2D eigenvalue weighted by molar-refractivity contribution is 7.88. The van der Waals surface area contributed by atoms with Crippen molar-refractivity contribution in [2.45, 2.75) is 40.0 Å². The molecule has 152 valence electrons. The van der Waals surface area contributed by atoms with Crippen molar-refractivity contribution < 1.29 is 8.42 Å². The topological polar surface area (TPSA) is 73.8 Å². The monoisotopic (exact) mass is 394 g/mol. The highest BCUT2D eigenvalue weighted by atomic mass is 32.2. The molecule has 27 heavy (non-hydrogen) atoms. The second-order valence-electron chi connectivity index (χ2n) is 7.50. The normalized spacial score (nSPS) is 17.1. The minimum atomic E-state index is -3.06. The summed E-state index contributed by atoms with van der Waals surface area (Å²) < 4.78 is 24.8. The van der Waals surface area contributed by atoms with Crippen molar-refractivity contribution in [1.82, 2.24) is 14.9 Å². The third kappa shape index (κ3) is 7.50. The van der Waals surface area contributed by atoms with Crippen LogP contribution in [0, 0.1) is 19.8 Å². The lowest BCUT2D eigenvalue weighted by Gasteiger charge is -2.29. The molecule has 0 atom stereocenters. The average Bonchev–Trinajstić information content (AvgIpc) is 2.58. The minimum Gasteiger partial charge on any atom is -0.357 e. The van der Waals surface area contributed by atoms with Crippen molar-refractivity contribution in [2.24, 2.45) is 10.9 Å². The predicted molar refractivity (Wildman–Crippen MR) is 113 cm³/mol. The molecule has 1 fully saturated rings. The van der Waals surface area contributed by atoms with Crippen LogP contribution in [0.5, 0.6) is 0 Å². The van der Waals surface area contributed by atoms with E-state index in [0.717, 1.165) is 44.9 Å². The second kappa shape index (κ2) is 10.1. The van der Waals surface area contributed by atoms with Gasteiger partial charge in [0, 0.05) is 32.7 Å². The third-order valence-electron chi connectivity index (χ3n) is 4.88. The number of sulfonamides is 1. The number of guanidine groups is 1. The van der Waals surface area contributed by atoms with Gasteiger partial charge < -0.3 is 10.6 Å². The Morgan fingerprint density at radius 3 is 2.33 bits per heavy atom. The van der Waals surface area contributed by atoms with Gasteiger partial charge in [0.05, 0.1) is 6.26 Å². The summed E-state index contributed by atoms with van der Waals surface area (Å²) in [4.78, 5) is 4.72. The van der Waals surface area contributed by atoms with Crippen LogP contribution >= 0.6 is 0 Å². The molecule has 6 nitrogen and oxygen atoms in total. The fourth-order valence-corrected chi connectivity index (χ4v) is 4.40. The maximum absolute atomic E-state index is 11.6. The molecular weight excluding hydrogens is 360 g/mol. The van der Waals surface area contributed by atoms with E-state index >= 15 is 0 Å². The number of rotatable bonds is 7. The third-order valence-corrected chi connectivity index (χ3v) is 6.19. The number of aryl methyl sites for hydroxylation is 2. The Bertz CT molecular complexity index is 718. The van der Waals surface area contributed by atoms with E-state index in [1.54, 1.807) is 4.31 Å². The molecule has 2 rings (SSSR count). The summed E-state index contributed by atoms with van der Waals surface area (Å²) in [6.07, 6.45) is 3.99. The van der Waals surface area contributed by atoms with E-state index in [2.05, 4.69) is 49.6 Å². The van der Waals surface area contributed by atoms with Crippen LogP contribution < -0.4 is 10.6 Å². The fourth-order valence-electron chi connectivity index (χ4n) is 3.52. The molecule has 2 N–H and O–H groups in total. The van der Waals surface area contributed by atoms with Gasteiger partial charge in [-0.15, -0.1) is 0 Å². The molecule has 1 heterocycles. The maximum Gasteiger partial charge on any atom is 0.211 e. The lowest BCUT2D eigenvalue weighted by Crippen LogP contribution is -2.40. The van der Waals surface area contributed by atoms with Crippen LogP contribution in [0.4, 0.5) is 0 Å². The average molecular weight is 395 g/mol. The van der Waals surface area contributed by atoms with E-state index in [-0.39, 0.29) is 0 Å². The van der Waals surface area contributed by atoms with Gasteiger partial charge in [-0.3, -0.25) is 4.99 Å². The molecule has 0 aromatic heterocycles. The molecule has 0 bridgehead atoms. The lowest BCUT2D eigenvalue weighted by atomic mass is 9.98. The molecule has 0 aliphatic carbocycles. The van der Waals surface area contributed by atoms with Crippen LogP contribution in [0.15, 0.2) is 23.2 Å². The molecular formula is C20H34N4O2S. The van der Waals surface area contributed by atoms with Crippen LogP contribution in [-0.2, 0) is 16.4 Å². The molecule has 0 radical (unpaired) electrons. The van der Waals surface area contributed by atoms with Crippen LogP contribution in [0.2, 0.25) is 0 Å². The van der Waals surface area contributed by atoms with Crippen molar-refractivity contribution in [2.75, 3.05) is 39.0 Å². The summed E-state index contributed by atoms with van der Waals surface area (Å²) in [6.45, 7) is 9.92. The number of hydrogen-bond acceptors (Lipinski definition) is 3. The first-order chi connectivity index (χ1) is 12.8. The van der Waals surface area contributed by atoms with Gasteiger partial charge in [0.1, 0.15) is 0 Å².